The van der Waals surface area contributed by atoms with Gasteiger partial charge in [0.1, 0.15) is 17.5 Å². The zero-order valence-electron chi connectivity index (χ0n) is 17.8. The molecule has 2 N–H and O–H groups in total. The first-order chi connectivity index (χ1) is 14.3. The lowest BCUT2D eigenvalue weighted by Gasteiger charge is -2.22. The number of carbonyl (C=O) groups is 2. The van der Waals surface area contributed by atoms with Gasteiger partial charge in [-0.2, -0.15) is 0 Å². The lowest BCUT2D eigenvalue weighted by atomic mass is 10.0. The van der Waals surface area contributed by atoms with Gasteiger partial charge in [-0.25, -0.2) is 0 Å². The molecular weight excluding hydrogens is 404 g/mol. The summed E-state index contributed by atoms with van der Waals surface area (Å²) in [7, 11) is 3.04. The van der Waals surface area contributed by atoms with E-state index in [1.165, 1.54) is 14.2 Å². The molecule has 7 heteroatoms. The quantitative estimate of drug-likeness (QED) is 0.559. The molecule has 0 saturated carbocycles. The minimum absolute atomic E-state index is 0.0716. The summed E-state index contributed by atoms with van der Waals surface area (Å²) < 4.78 is 10.4. The Labute approximate surface area is 182 Å². The van der Waals surface area contributed by atoms with Crippen molar-refractivity contribution in [1.29, 1.82) is 0 Å². The van der Waals surface area contributed by atoms with Crippen LogP contribution in [0.1, 0.15) is 36.2 Å². The second-order valence-corrected chi connectivity index (χ2v) is 7.75. The summed E-state index contributed by atoms with van der Waals surface area (Å²) in [5.41, 5.74) is 1.53. The van der Waals surface area contributed by atoms with Gasteiger partial charge in [0.15, 0.2) is 0 Å². The Kier molecular flexibility index (Phi) is 8.99. The van der Waals surface area contributed by atoms with Gasteiger partial charge in [0.2, 0.25) is 5.91 Å². The van der Waals surface area contributed by atoms with Crippen LogP contribution in [0.5, 0.6) is 11.5 Å². The van der Waals surface area contributed by atoms with E-state index in [9.17, 15) is 9.59 Å². The summed E-state index contributed by atoms with van der Waals surface area (Å²) in [6, 6.07) is 11.9. The van der Waals surface area contributed by atoms with Crippen LogP contribution in [0.25, 0.3) is 0 Å². The molecule has 0 heterocycles. The maximum absolute atomic E-state index is 12.7. The first-order valence-electron chi connectivity index (χ1n) is 9.90. The molecule has 2 aromatic rings. The van der Waals surface area contributed by atoms with Crippen LogP contribution in [-0.2, 0) is 11.2 Å². The fourth-order valence-electron chi connectivity index (χ4n) is 2.96. The van der Waals surface area contributed by atoms with Crippen LogP contribution < -0.4 is 20.1 Å². The summed E-state index contributed by atoms with van der Waals surface area (Å²) in [6.45, 7) is 4.31. The molecule has 0 aromatic heterocycles. The zero-order chi connectivity index (χ0) is 22.1. The van der Waals surface area contributed by atoms with E-state index in [1.54, 1.807) is 18.2 Å². The number of carbonyl (C=O) groups excluding carboxylic acids is 2. The minimum atomic E-state index is -0.648. The average Bonchev–Trinajstić information content (AvgIpc) is 2.75. The molecule has 2 rings (SSSR count). The van der Waals surface area contributed by atoms with Gasteiger partial charge in [-0.05, 0) is 48.6 Å². The Hall–Kier alpha value is -2.73. The molecule has 1 atom stereocenters. The molecule has 0 saturated heterocycles. The summed E-state index contributed by atoms with van der Waals surface area (Å²) in [5, 5.41) is 6.45. The van der Waals surface area contributed by atoms with Crippen molar-refractivity contribution in [3.05, 3.63) is 58.6 Å². The zero-order valence-corrected chi connectivity index (χ0v) is 18.6. The van der Waals surface area contributed by atoms with Crippen molar-refractivity contribution in [2.45, 2.75) is 32.7 Å². The summed E-state index contributed by atoms with van der Waals surface area (Å²) in [5.74, 6) is 0.378. The van der Waals surface area contributed by atoms with Crippen LogP contribution in [0.3, 0.4) is 0 Å². The van der Waals surface area contributed by atoms with Gasteiger partial charge in [0.05, 0.1) is 14.2 Å². The van der Waals surface area contributed by atoms with Crippen LogP contribution in [0.15, 0.2) is 42.5 Å². The van der Waals surface area contributed by atoms with Gasteiger partial charge in [0.25, 0.3) is 5.91 Å². The molecule has 6 nitrogen and oxygen atoms in total. The number of ether oxygens (including phenoxy) is 2. The predicted octanol–water partition coefficient (Wildman–Crippen LogP) is 3.86. The maximum atomic E-state index is 12.7. The van der Waals surface area contributed by atoms with E-state index >= 15 is 0 Å². The topological polar surface area (TPSA) is 76.7 Å². The number of halogens is 1. The van der Waals surface area contributed by atoms with Crippen molar-refractivity contribution in [2.24, 2.45) is 5.92 Å². The fraction of sp³-hybridized carbons (Fsp3) is 0.391. The Morgan fingerprint density at radius 2 is 1.60 bits per heavy atom. The number of methoxy groups -OCH3 is 2. The Morgan fingerprint density at radius 3 is 2.13 bits per heavy atom. The van der Waals surface area contributed by atoms with Crippen molar-refractivity contribution in [3.63, 3.8) is 0 Å². The van der Waals surface area contributed by atoms with E-state index in [0.717, 1.165) is 18.4 Å². The number of aryl methyl sites for hydroxylation is 1. The molecule has 1 unspecified atom stereocenters. The highest BCUT2D eigenvalue weighted by molar-refractivity contribution is 6.30. The Morgan fingerprint density at radius 1 is 1.00 bits per heavy atom. The molecule has 0 radical (unpaired) electrons. The number of nitrogens with one attached hydrogen (secondary N) is 2. The van der Waals surface area contributed by atoms with Gasteiger partial charge in [0, 0.05) is 23.2 Å². The van der Waals surface area contributed by atoms with Crippen LogP contribution >= 0.6 is 11.6 Å². The molecule has 2 amide bonds. The van der Waals surface area contributed by atoms with E-state index in [2.05, 4.69) is 10.6 Å². The number of amides is 2. The molecule has 0 spiro atoms. The van der Waals surface area contributed by atoms with E-state index in [0.29, 0.717) is 28.6 Å². The van der Waals surface area contributed by atoms with E-state index < -0.39 is 6.04 Å². The lowest BCUT2D eigenvalue weighted by molar-refractivity contribution is -0.123. The molecule has 0 aliphatic heterocycles. The fourth-order valence-corrected chi connectivity index (χ4v) is 3.09. The smallest absolute Gasteiger partial charge is 0.252 e. The summed E-state index contributed by atoms with van der Waals surface area (Å²) >= 11 is 5.89. The van der Waals surface area contributed by atoms with Crippen LogP contribution in [0, 0.1) is 5.92 Å². The maximum Gasteiger partial charge on any atom is 0.252 e. The van der Waals surface area contributed by atoms with Gasteiger partial charge >= 0.3 is 0 Å². The average molecular weight is 433 g/mol. The normalized spacial score (nSPS) is 11.7. The largest absolute Gasteiger partial charge is 0.497 e. The Bertz CT molecular complexity index is 831. The van der Waals surface area contributed by atoms with Crippen molar-refractivity contribution in [3.8, 4) is 11.5 Å². The second kappa shape index (κ2) is 11.5. The molecule has 0 bridgehead atoms. The van der Waals surface area contributed by atoms with Gasteiger partial charge in [-0.3, -0.25) is 9.59 Å². The van der Waals surface area contributed by atoms with Crippen molar-refractivity contribution < 1.29 is 19.1 Å². The highest BCUT2D eigenvalue weighted by atomic mass is 35.5. The van der Waals surface area contributed by atoms with Crippen LogP contribution in [-0.4, -0.2) is 38.6 Å². The molecular formula is C23H29ClN2O4. The molecule has 30 heavy (non-hydrogen) atoms. The van der Waals surface area contributed by atoms with Crippen LogP contribution in [0.2, 0.25) is 5.02 Å². The highest BCUT2D eigenvalue weighted by Crippen LogP contribution is 2.22. The minimum Gasteiger partial charge on any atom is -0.497 e. The molecule has 0 aliphatic rings. The standard InChI is InChI=1S/C23H29ClN2O4/c1-15(2)21(23(28)25-11-5-6-16-7-9-18(24)10-8-16)26-22(27)17-12-19(29-3)14-20(13-17)30-4/h7-10,12-15,21H,5-6,11H2,1-4H3,(H,25,28)(H,26,27). The predicted molar refractivity (Wildman–Crippen MR) is 118 cm³/mol. The molecule has 2 aromatic carbocycles. The summed E-state index contributed by atoms with van der Waals surface area (Å²) in [6.07, 6.45) is 1.62. The monoisotopic (exact) mass is 432 g/mol. The number of rotatable bonds is 10. The molecule has 0 aliphatic carbocycles. The highest BCUT2D eigenvalue weighted by Gasteiger charge is 2.24. The van der Waals surface area contributed by atoms with Gasteiger partial charge in [-0.1, -0.05) is 37.6 Å². The third-order valence-corrected chi connectivity index (χ3v) is 4.96. The van der Waals surface area contributed by atoms with E-state index in [-0.39, 0.29) is 17.7 Å². The first kappa shape index (κ1) is 23.5. The van der Waals surface area contributed by atoms with E-state index in [4.69, 9.17) is 21.1 Å². The first-order valence-corrected chi connectivity index (χ1v) is 10.3. The number of benzene rings is 2. The number of hydrogen-bond donors (Lipinski definition) is 2. The third kappa shape index (κ3) is 6.95. The SMILES string of the molecule is COc1cc(OC)cc(C(=O)NC(C(=O)NCCCc2ccc(Cl)cc2)C(C)C)c1. The van der Waals surface area contributed by atoms with Crippen molar-refractivity contribution in [2.75, 3.05) is 20.8 Å². The lowest BCUT2D eigenvalue weighted by Crippen LogP contribution is -2.49. The molecule has 0 fully saturated rings. The van der Waals surface area contributed by atoms with Gasteiger partial charge in [-0.15, -0.1) is 0 Å². The third-order valence-electron chi connectivity index (χ3n) is 4.70. The van der Waals surface area contributed by atoms with Crippen molar-refractivity contribution in [1.82, 2.24) is 10.6 Å². The van der Waals surface area contributed by atoms with E-state index in [1.807, 2.05) is 38.1 Å². The van der Waals surface area contributed by atoms with Crippen LogP contribution in [0.4, 0.5) is 0 Å². The second-order valence-electron chi connectivity index (χ2n) is 7.32. The molecule has 162 valence electrons. The summed E-state index contributed by atoms with van der Waals surface area (Å²) in [4.78, 5) is 25.4. The Balaban J connectivity index is 1.93. The number of hydrogen-bond acceptors (Lipinski definition) is 4. The van der Waals surface area contributed by atoms with Gasteiger partial charge < -0.3 is 20.1 Å². The van der Waals surface area contributed by atoms with Crippen molar-refractivity contribution >= 4 is 23.4 Å².